The summed E-state index contributed by atoms with van der Waals surface area (Å²) in [6.07, 6.45) is -0.718. The normalized spacial score (nSPS) is 18.9. The van der Waals surface area contributed by atoms with E-state index in [1.54, 1.807) is 54.6 Å². The third-order valence-electron chi connectivity index (χ3n) is 4.64. The molecule has 2 aromatic carbocycles. The molecular weight excluding hydrogens is 382 g/mol. The van der Waals surface area contributed by atoms with Crippen molar-refractivity contribution in [2.75, 3.05) is 20.8 Å². The maximum atomic E-state index is 12.8. The molecule has 1 aliphatic heterocycles. The zero-order valence-electron chi connectivity index (χ0n) is 15.5. The Morgan fingerprint density at radius 2 is 1.68 bits per heavy atom. The lowest BCUT2D eigenvalue weighted by Gasteiger charge is -2.28. The highest BCUT2D eigenvalue weighted by Crippen LogP contribution is 2.39. The summed E-state index contributed by atoms with van der Waals surface area (Å²) in [5, 5.41) is 11.4. The Morgan fingerprint density at radius 3 is 2.25 bits per heavy atom. The van der Waals surface area contributed by atoms with Crippen LogP contribution in [0.25, 0.3) is 5.76 Å². The molecule has 3 rings (SSSR count). The molecule has 0 bridgehead atoms. The highest BCUT2D eigenvalue weighted by Gasteiger charge is 2.46. The van der Waals surface area contributed by atoms with Gasteiger partial charge in [-0.15, -0.1) is 0 Å². The van der Waals surface area contributed by atoms with Crippen molar-refractivity contribution >= 4 is 29.1 Å². The number of nitrogens with zero attached hydrogens (tertiary/aromatic N) is 1. The van der Waals surface area contributed by atoms with Crippen LogP contribution in [0, 0.1) is 0 Å². The molecule has 1 heterocycles. The monoisotopic (exact) mass is 401 g/mol. The minimum Gasteiger partial charge on any atom is -0.507 e. The Balaban J connectivity index is 2.15. The zero-order chi connectivity index (χ0) is 20.3. The van der Waals surface area contributed by atoms with Crippen LogP contribution in [-0.2, 0) is 19.1 Å². The number of carbonyl (C=O) groups excluding carboxylic acids is 2. The summed E-state index contributed by atoms with van der Waals surface area (Å²) < 4.78 is 10.4. The number of amides is 1. The van der Waals surface area contributed by atoms with Gasteiger partial charge in [-0.2, -0.15) is 0 Å². The van der Waals surface area contributed by atoms with E-state index >= 15 is 0 Å². The molecule has 146 valence electrons. The molecular formula is C21H20ClNO5. The molecule has 1 aliphatic rings. The molecule has 0 aromatic heterocycles. The summed E-state index contributed by atoms with van der Waals surface area (Å²) >= 11 is 5.99. The van der Waals surface area contributed by atoms with Gasteiger partial charge in [-0.3, -0.25) is 9.59 Å². The van der Waals surface area contributed by atoms with Crippen LogP contribution in [0.4, 0.5) is 0 Å². The van der Waals surface area contributed by atoms with Crippen LogP contribution in [0.5, 0.6) is 0 Å². The fourth-order valence-corrected chi connectivity index (χ4v) is 3.34. The second-order valence-corrected chi connectivity index (χ2v) is 6.71. The molecule has 28 heavy (non-hydrogen) atoms. The SMILES string of the molecule is COC(CN1C(=O)C(=O)C(=C(O)c2ccccc2)[C@@H]1c1ccc(Cl)cc1)OC. The third-order valence-corrected chi connectivity index (χ3v) is 4.90. The van der Waals surface area contributed by atoms with E-state index < -0.39 is 24.0 Å². The number of halogens is 1. The summed E-state index contributed by atoms with van der Waals surface area (Å²) in [4.78, 5) is 26.9. The molecule has 1 saturated heterocycles. The van der Waals surface area contributed by atoms with Crippen molar-refractivity contribution in [3.63, 3.8) is 0 Å². The van der Waals surface area contributed by atoms with Gasteiger partial charge < -0.3 is 19.5 Å². The molecule has 0 aliphatic carbocycles. The second-order valence-electron chi connectivity index (χ2n) is 6.27. The molecule has 1 amide bonds. The number of ether oxygens (including phenoxy) is 2. The summed E-state index contributed by atoms with van der Waals surface area (Å²) in [6, 6.07) is 14.6. The predicted octanol–water partition coefficient (Wildman–Crippen LogP) is 3.38. The Kier molecular flexibility index (Phi) is 6.14. The standard InChI is InChI=1S/C21H20ClNO5/c1-27-16(28-2)12-23-18(13-8-10-15(22)11-9-13)17(20(25)21(23)26)19(24)14-6-4-3-5-7-14/h3-11,16,18,24H,12H2,1-2H3/t18-/m0/s1. The maximum Gasteiger partial charge on any atom is 0.295 e. The average molecular weight is 402 g/mol. The van der Waals surface area contributed by atoms with E-state index in [2.05, 4.69) is 0 Å². The van der Waals surface area contributed by atoms with E-state index in [1.807, 2.05) is 0 Å². The smallest absolute Gasteiger partial charge is 0.295 e. The molecule has 0 radical (unpaired) electrons. The van der Waals surface area contributed by atoms with Gasteiger partial charge in [0.1, 0.15) is 5.76 Å². The van der Waals surface area contributed by atoms with Crippen LogP contribution in [0.3, 0.4) is 0 Å². The molecule has 1 fully saturated rings. The number of ketones is 1. The van der Waals surface area contributed by atoms with E-state index in [-0.39, 0.29) is 17.9 Å². The van der Waals surface area contributed by atoms with Crippen molar-refractivity contribution in [2.45, 2.75) is 12.3 Å². The number of aliphatic hydroxyl groups is 1. The van der Waals surface area contributed by atoms with Gasteiger partial charge in [0.15, 0.2) is 6.29 Å². The fraction of sp³-hybridized carbons (Fsp3) is 0.238. The lowest BCUT2D eigenvalue weighted by Crippen LogP contribution is -2.38. The van der Waals surface area contributed by atoms with Gasteiger partial charge in [-0.25, -0.2) is 0 Å². The van der Waals surface area contributed by atoms with E-state index in [0.29, 0.717) is 16.1 Å². The van der Waals surface area contributed by atoms with E-state index in [1.165, 1.54) is 19.1 Å². The number of Topliss-reactive ketones (excluding diaryl/α,β-unsaturated/α-hetero) is 1. The van der Waals surface area contributed by atoms with Crippen LogP contribution in [0.1, 0.15) is 17.2 Å². The number of rotatable bonds is 6. The van der Waals surface area contributed by atoms with E-state index in [9.17, 15) is 14.7 Å². The van der Waals surface area contributed by atoms with Crippen molar-refractivity contribution in [3.8, 4) is 0 Å². The van der Waals surface area contributed by atoms with Crippen molar-refractivity contribution in [1.29, 1.82) is 0 Å². The van der Waals surface area contributed by atoms with Gasteiger partial charge in [-0.05, 0) is 17.7 Å². The van der Waals surface area contributed by atoms with Crippen LogP contribution in [0.2, 0.25) is 5.02 Å². The number of hydrogen-bond donors (Lipinski definition) is 1. The highest BCUT2D eigenvalue weighted by molar-refractivity contribution is 6.46. The predicted molar refractivity (Wildman–Crippen MR) is 105 cm³/mol. The number of likely N-dealkylation sites (tertiary alicyclic amines) is 1. The Morgan fingerprint density at radius 1 is 1.07 bits per heavy atom. The maximum absolute atomic E-state index is 12.8. The van der Waals surface area contributed by atoms with Gasteiger partial charge in [0.05, 0.1) is 18.2 Å². The summed E-state index contributed by atoms with van der Waals surface area (Å²) in [5.41, 5.74) is 1.12. The summed E-state index contributed by atoms with van der Waals surface area (Å²) in [5.74, 6) is -1.71. The van der Waals surface area contributed by atoms with Gasteiger partial charge in [0.25, 0.3) is 11.7 Å². The van der Waals surface area contributed by atoms with Crippen LogP contribution >= 0.6 is 11.6 Å². The molecule has 6 nitrogen and oxygen atoms in total. The highest BCUT2D eigenvalue weighted by atomic mass is 35.5. The summed E-state index contributed by atoms with van der Waals surface area (Å²) in [7, 11) is 2.90. The van der Waals surface area contributed by atoms with Gasteiger partial charge in [-0.1, -0.05) is 54.1 Å². The summed E-state index contributed by atoms with van der Waals surface area (Å²) in [6.45, 7) is 0.0242. The van der Waals surface area contributed by atoms with Crippen molar-refractivity contribution < 1.29 is 24.2 Å². The molecule has 1 atom stereocenters. The van der Waals surface area contributed by atoms with Gasteiger partial charge >= 0.3 is 0 Å². The number of benzene rings is 2. The largest absolute Gasteiger partial charge is 0.507 e. The molecule has 7 heteroatoms. The van der Waals surface area contributed by atoms with E-state index in [0.717, 1.165) is 0 Å². The van der Waals surface area contributed by atoms with Crippen LogP contribution in [0.15, 0.2) is 60.2 Å². The van der Waals surface area contributed by atoms with Crippen LogP contribution in [-0.4, -0.2) is 48.8 Å². The number of hydrogen-bond acceptors (Lipinski definition) is 5. The third kappa shape index (κ3) is 3.80. The van der Waals surface area contributed by atoms with Crippen molar-refractivity contribution in [1.82, 2.24) is 4.90 Å². The number of aliphatic hydroxyl groups excluding tert-OH is 1. The first-order valence-electron chi connectivity index (χ1n) is 8.62. The lowest BCUT2D eigenvalue weighted by molar-refractivity contribution is -0.149. The topological polar surface area (TPSA) is 76.1 Å². The first-order chi connectivity index (χ1) is 13.5. The van der Waals surface area contributed by atoms with Crippen molar-refractivity contribution in [2.24, 2.45) is 0 Å². The van der Waals surface area contributed by atoms with Gasteiger partial charge in [0, 0.05) is 24.8 Å². The van der Waals surface area contributed by atoms with Crippen LogP contribution < -0.4 is 0 Å². The second kappa shape index (κ2) is 8.56. The average Bonchev–Trinajstić information content (AvgIpc) is 2.97. The Bertz CT molecular complexity index is 891. The Hall–Kier alpha value is -2.67. The minimum absolute atomic E-state index is 0.0180. The molecule has 1 N–H and O–H groups in total. The molecule has 0 spiro atoms. The number of carbonyl (C=O) groups is 2. The first kappa shape index (κ1) is 20.1. The van der Waals surface area contributed by atoms with Crippen molar-refractivity contribution in [3.05, 3.63) is 76.3 Å². The zero-order valence-corrected chi connectivity index (χ0v) is 16.2. The lowest BCUT2D eigenvalue weighted by atomic mass is 9.95. The fourth-order valence-electron chi connectivity index (χ4n) is 3.22. The number of methoxy groups -OCH3 is 2. The first-order valence-corrected chi connectivity index (χ1v) is 9.00. The van der Waals surface area contributed by atoms with E-state index in [4.69, 9.17) is 21.1 Å². The Labute approximate surface area is 167 Å². The minimum atomic E-state index is -0.787. The van der Waals surface area contributed by atoms with Gasteiger partial charge in [0.2, 0.25) is 0 Å². The molecule has 2 aromatic rings. The molecule has 0 unspecified atom stereocenters. The molecule has 0 saturated carbocycles. The quantitative estimate of drug-likeness (QED) is 0.347.